The lowest BCUT2D eigenvalue weighted by molar-refractivity contribution is 0.330. The summed E-state index contributed by atoms with van der Waals surface area (Å²) in [5.74, 6) is 0. The van der Waals surface area contributed by atoms with Crippen molar-refractivity contribution >= 4 is 0 Å². The van der Waals surface area contributed by atoms with Gasteiger partial charge in [0.2, 0.25) is 0 Å². The fourth-order valence-electron chi connectivity index (χ4n) is 3.47. The van der Waals surface area contributed by atoms with E-state index in [9.17, 15) is 0 Å². The van der Waals surface area contributed by atoms with Crippen molar-refractivity contribution in [3.8, 4) is 11.3 Å². The van der Waals surface area contributed by atoms with Crippen LogP contribution >= 0.6 is 0 Å². The molecule has 3 aromatic rings. The summed E-state index contributed by atoms with van der Waals surface area (Å²) in [5.41, 5.74) is 5.99. The van der Waals surface area contributed by atoms with E-state index in [1.807, 2.05) is 6.20 Å². The molecule has 1 heterocycles. The van der Waals surface area contributed by atoms with Crippen molar-refractivity contribution in [2.45, 2.75) is 45.8 Å². The predicted octanol–water partition coefficient (Wildman–Crippen LogP) is 4.60. The van der Waals surface area contributed by atoms with Crippen LogP contribution in [0, 0.1) is 6.92 Å². The van der Waals surface area contributed by atoms with Crippen molar-refractivity contribution in [2.75, 3.05) is 6.54 Å². The van der Waals surface area contributed by atoms with Gasteiger partial charge in [-0.2, -0.15) is 5.10 Å². The minimum atomic E-state index is -0.0253. The maximum atomic E-state index is 4.25. The third kappa shape index (κ3) is 5.28. The summed E-state index contributed by atoms with van der Waals surface area (Å²) < 4.78 is 0. The lowest BCUT2D eigenvalue weighted by Crippen LogP contribution is -2.48. The number of rotatable bonds is 8. The lowest BCUT2D eigenvalue weighted by Gasteiger charge is -2.31. The second kappa shape index (κ2) is 8.51. The van der Waals surface area contributed by atoms with E-state index in [1.54, 1.807) is 0 Å². The van der Waals surface area contributed by atoms with Crippen LogP contribution in [0.3, 0.4) is 0 Å². The molecule has 0 spiro atoms. The minimum absolute atomic E-state index is 0.0253. The zero-order valence-electron chi connectivity index (χ0n) is 16.7. The van der Waals surface area contributed by atoms with E-state index >= 15 is 0 Å². The minimum Gasteiger partial charge on any atom is -0.311 e. The van der Waals surface area contributed by atoms with E-state index in [0.717, 1.165) is 18.8 Å². The molecular formula is C23H30N4. The number of benzene rings is 2. The standard InChI is InChI=1S/C23H30N4/c1-17-9-8-12-20(13-17)22-21(15-25-27-22)14-24-16-23(3,4)26-18(2)19-10-6-5-7-11-19/h5-13,15,18,24,26H,14,16H2,1-4H3,(H,25,27). The Balaban J connectivity index is 1.57. The summed E-state index contributed by atoms with van der Waals surface area (Å²) in [5, 5.41) is 14.7. The average molecular weight is 363 g/mol. The van der Waals surface area contributed by atoms with Gasteiger partial charge in [-0.3, -0.25) is 5.10 Å². The van der Waals surface area contributed by atoms with Crippen LogP contribution in [0.1, 0.15) is 43.5 Å². The van der Waals surface area contributed by atoms with Crippen LogP contribution in [0.15, 0.2) is 60.8 Å². The average Bonchev–Trinajstić information content (AvgIpc) is 3.10. The molecule has 0 aliphatic heterocycles. The van der Waals surface area contributed by atoms with Crippen LogP contribution in [0.2, 0.25) is 0 Å². The molecule has 4 heteroatoms. The smallest absolute Gasteiger partial charge is 0.0695 e. The second-order valence-electron chi connectivity index (χ2n) is 7.90. The molecule has 0 fully saturated rings. The normalized spacial score (nSPS) is 12.9. The van der Waals surface area contributed by atoms with Crippen LogP contribution in [0.5, 0.6) is 0 Å². The molecular weight excluding hydrogens is 332 g/mol. The highest BCUT2D eigenvalue weighted by Gasteiger charge is 2.20. The van der Waals surface area contributed by atoms with Gasteiger partial charge in [0.15, 0.2) is 0 Å². The zero-order chi connectivity index (χ0) is 19.3. The van der Waals surface area contributed by atoms with Gasteiger partial charge in [0.1, 0.15) is 0 Å². The number of aromatic nitrogens is 2. The number of aromatic amines is 1. The first-order valence-electron chi connectivity index (χ1n) is 9.57. The number of nitrogens with one attached hydrogen (secondary N) is 3. The van der Waals surface area contributed by atoms with Crippen LogP contribution in [-0.4, -0.2) is 22.3 Å². The Kier molecular flexibility index (Phi) is 6.09. The van der Waals surface area contributed by atoms with E-state index in [1.165, 1.54) is 22.3 Å². The molecule has 3 N–H and O–H groups in total. The van der Waals surface area contributed by atoms with Crippen molar-refractivity contribution in [3.05, 3.63) is 77.5 Å². The highest BCUT2D eigenvalue weighted by molar-refractivity contribution is 5.63. The summed E-state index contributed by atoms with van der Waals surface area (Å²) in [6.45, 7) is 10.4. The van der Waals surface area contributed by atoms with E-state index in [2.05, 4.69) is 103 Å². The van der Waals surface area contributed by atoms with Crippen molar-refractivity contribution < 1.29 is 0 Å². The summed E-state index contributed by atoms with van der Waals surface area (Å²) in [6.07, 6.45) is 1.91. The third-order valence-corrected chi connectivity index (χ3v) is 4.81. The number of hydrogen-bond acceptors (Lipinski definition) is 3. The zero-order valence-corrected chi connectivity index (χ0v) is 16.7. The molecule has 142 valence electrons. The molecule has 0 aliphatic rings. The fraction of sp³-hybridized carbons (Fsp3) is 0.348. The first kappa shape index (κ1) is 19.3. The van der Waals surface area contributed by atoms with Crippen molar-refractivity contribution in [1.29, 1.82) is 0 Å². The molecule has 0 bridgehead atoms. The van der Waals surface area contributed by atoms with Gasteiger partial charge in [-0.05, 0) is 39.3 Å². The van der Waals surface area contributed by atoms with Gasteiger partial charge < -0.3 is 10.6 Å². The molecule has 1 aromatic heterocycles. The fourth-order valence-corrected chi connectivity index (χ4v) is 3.47. The molecule has 0 amide bonds. The molecule has 1 unspecified atom stereocenters. The molecule has 0 aliphatic carbocycles. The number of aryl methyl sites for hydroxylation is 1. The van der Waals surface area contributed by atoms with Gasteiger partial charge in [0.05, 0.1) is 11.9 Å². The Morgan fingerprint density at radius 2 is 1.85 bits per heavy atom. The van der Waals surface area contributed by atoms with Gasteiger partial charge in [-0.15, -0.1) is 0 Å². The van der Waals surface area contributed by atoms with E-state index in [4.69, 9.17) is 0 Å². The molecule has 1 atom stereocenters. The quantitative estimate of drug-likeness (QED) is 0.549. The molecule has 3 rings (SSSR count). The highest BCUT2D eigenvalue weighted by Crippen LogP contribution is 2.22. The van der Waals surface area contributed by atoms with Crippen molar-refractivity contribution in [2.24, 2.45) is 0 Å². The Bertz CT molecular complexity index is 852. The van der Waals surface area contributed by atoms with Crippen LogP contribution in [-0.2, 0) is 6.54 Å². The number of hydrogen-bond donors (Lipinski definition) is 3. The van der Waals surface area contributed by atoms with Crippen molar-refractivity contribution in [3.63, 3.8) is 0 Å². The molecule has 2 aromatic carbocycles. The predicted molar refractivity (Wildman–Crippen MR) is 113 cm³/mol. The van der Waals surface area contributed by atoms with E-state index < -0.39 is 0 Å². The summed E-state index contributed by atoms with van der Waals surface area (Å²) in [6, 6.07) is 19.4. The van der Waals surface area contributed by atoms with Gasteiger partial charge in [-0.1, -0.05) is 54.1 Å². The van der Waals surface area contributed by atoms with Crippen LogP contribution in [0.4, 0.5) is 0 Å². The summed E-state index contributed by atoms with van der Waals surface area (Å²) in [7, 11) is 0. The second-order valence-corrected chi connectivity index (χ2v) is 7.90. The Morgan fingerprint density at radius 3 is 2.59 bits per heavy atom. The largest absolute Gasteiger partial charge is 0.311 e. The summed E-state index contributed by atoms with van der Waals surface area (Å²) >= 11 is 0. The number of nitrogens with zero attached hydrogens (tertiary/aromatic N) is 1. The Labute approximate surface area is 162 Å². The topological polar surface area (TPSA) is 52.7 Å². The highest BCUT2D eigenvalue weighted by atomic mass is 15.1. The first-order valence-corrected chi connectivity index (χ1v) is 9.57. The lowest BCUT2D eigenvalue weighted by atomic mass is 10.0. The third-order valence-electron chi connectivity index (χ3n) is 4.81. The Hall–Kier alpha value is -2.43. The van der Waals surface area contributed by atoms with Gasteiger partial charge in [-0.25, -0.2) is 0 Å². The molecule has 0 saturated carbocycles. The van der Waals surface area contributed by atoms with E-state index in [0.29, 0.717) is 6.04 Å². The molecule has 0 radical (unpaired) electrons. The molecule has 0 saturated heterocycles. The van der Waals surface area contributed by atoms with Crippen molar-refractivity contribution in [1.82, 2.24) is 20.8 Å². The van der Waals surface area contributed by atoms with Crippen LogP contribution in [0.25, 0.3) is 11.3 Å². The van der Waals surface area contributed by atoms with Crippen LogP contribution < -0.4 is 10.6 Å². The molecule has 4 nitrogen and oxygen atoms in total. The first-order chi connectivity index (χ1) is 12.9. The van der Waals surface area contributed by atoms with Gasteiger partial charge in [0.25, 0.3) is 0 Å². The maximum Gasteiger partial charge on any atom is 0.0695 e. The molecule has 27 heavy (non-hydrogen) atoms. The number of H-pyrrole nitrogens is 1. The van der Waals surface area contributed by atoms with E-state index in [-0.39, 0.29) is 5.54 Å². The van der Waals surface area contributed by atoms with Gasteiger partial charge >= 0.3 is 0 Å². The maximum absolute atomic E-state index is 4.25. The monoisotopic (exact) mass is 362 g/mol. The SMILES string of the molecule is Cc1cccc(-c2[nH]ncc2CNCC(C)(C)NC(C)c2ccccc2)c1. The summed E-state index contributed by atoms with van der Waals surface area (Å²) in [4.78, 5) is 0. The Morgan fingerprint density at radius 1 is 1.07 bits per heavy atom. The van der Waals surface area contributed by atoms with Gasteiger partial charge in [0, 0.05) is 35.8 Å².